The lowest BCUT2D eigenvalue weighted by Gasteiger charge is -2.15. The molecule has 2 aromatic rings. The van der Waals surface area contributed by atoms with Crippen LogP contribution in [0.4, 0.5) is 14.5 Å². The number of aromatic amines is 1. The molecule has 1 aromatic heterocycles. The number of hydrogen-bond acceptors (Lipinski definition) is 4. The van der Waals surface area contributed by atoms with Crippen molar-refractivity contribution in [1.82, 2.24) is 10.2 Å². The Morgan fingerprint density at radius 2 is 2.05 bits per heavy atom. The zero-order valence-corrected chi connectivity index (χ0v) is 12.0. The van der Waals surface area contributed by atoms with Crippen molar-refractivity contribution in [1.29, 1.82) is 0 Å². The number of hydrogen-bond donors (Lipinski definition) is 2. The van der Waals surface area contributed by atoms with E-state index >= 15 is 0 Å². The van der Waals surface area contributed by atoms with Crippen LogP contribution in [0.3, 0.4) is 0 Å². The molecule has 21 heavy (non-hydrogen) atoms. The summed E-state index contributed by atoms with van der Waals surface area (Å²) in [6.45, 7) is 0.0692. The Balaban J connectivity index is 2.42. The van der Waals surface area contributed by atoms with E-state index in [9.17, 15) is 17.2 Å². The van der Waals surface area contributed by atoms with Gasteiger partial charge in [0.05, 0.1) is 17.6 Å². The first-order chi connectivity index (χ1) is 9.81. The van der Waals surface area contributed by atoms with E-state index in [0.717, 1.165) is 6.20 Å². The fourth-order valence-corrected chi connectivity index (χ4v) is 3.05. The number of sulfonamides is 1. The predicted molar refractivity (Wildman–Crippen MR) is 71.9 cm³/mol. The summed E-state index contributed by atoms with van der Waals surface area (Å²) in [6, 6.07) is 4.34. The Bertz CT molecular complexity index is 744. The zero-order valence-electron chi connectivity index (χ0n) is 11.2. The van der Waals surface area contributed by atoms with E-state index in [0.29, 0.717) is 11.3 Å². The normalized spacial score (nSPS) is 11.7. The number of rotatable bonds is 5. The summed E-state index contributed by atoms with van der Waals surface area (Å²) in [7, 11) is -3.95. The zero-order chi connectivity index (χ0) is 15.6. The second-order valence-electron chi connectivity index (χ2n) is 4.29. The molecular weight excluding hydrogens is 304 g/mol. The number of para-hydroxylation sites is 1. The molecule has 0 aliphatic rings. The first-order valence-corrected chi connectivity index (χ1v) is 7.37. The fourth-order valence-electron chi connectivity index (χ4n) is 1.77. The molecule has 0 aliphatic heterocycles. The number of H-pyrrole nitrogens is 1. The van der Waals surface area contributed by atoms with E-state index in [1.165, 1.54) is 19.1 Å². The molecule has 0 saturated heterocycles. The number of alkyl halides is 2. The molecule has 0 amide bonds. The van der Waals surface area contributed by atoms with Crippen molar-refractivity contribution >= 4 is 15.7 Å². The highest BCUT2D eigenvalue weighted by atomic mass is 32.2. The average molecular weight is 317 g/mol. The summed E-state index contributed by atoms with van der Waals surface area (Å²) < 4.78 is 55.9. The van der Waals surface area contributed by atoms with Crippen molar-refractivity contribution in [3.63, 3.8) is 0 Å². The number of benzene rings is 1. The Hall–Kier alpha value is -2.16. The molecule has 0 atom stereocenters. The van der Waals surface area contributed by atoms with E-state index in [2.05, 4.69) is 19.7 Å². The van der Waals surface area contributed by atoms with Crippen molar-refractivity contribution < 1.29 is 21.9 Å². The van der Waals surface area contributed by atoms with Crippen molar-refractivity contribution in [2.75, 3.05) is 4.72 Å². The lowest BCUT2D eigenvalue weighted by Crippen LogP contribution is -2.16. The fraction of sp³-hybridized carbons (Fsp3) is 0.250. The molecule has 0 spiro atoms. The Morgan fingerprint density at radius 1 is 1.33 bits per heavy atom. The van der Waals surface area contributed by atoms with Crippen molar-refractivity contribution in [2.45, 2.75) is 25.4 Å². The predicted octanol–water partition coefficient (Wildman–Crippen LogP) is 2.43. The van der Waals surface area contributed by atoms with Crippen LogP contribution in [0.5, 0.6) is 5.75 Å². The van der Waals surface area contributed by atoms with Gasteiger partial charge in [-0.05, 0) is 25.5 Å². The number of ether oxygens (including phenoxy) is 1. The summed E-state index contributed by atoms with van der Waals surface area (Å²) in [5, 5.41) is 6.13. The maximum Gasteiger partial charge on any atom is 0.387 e. The third-order valence-corrected chi connectivity index (χ3v) is 4.22. The van der Waals surface area contributed by atoms with E-state index in [4.69, 9.17) is 0 Å². The average Bonchev–Trinajstić information content (AvgIpc) is 2.80. The molecule has 0 saturated carbocycles. The van der Waals surface area contributed by atoms with Crippen molar-refractivity contribution in [3.8, 4) is 5.75 Å². The van der Waals surface area contributed by atoms with Gasteiger partial charge in [-0.2, -0.15) is 13.9 Å². The molecule has 0 unspecified atom stereocenters. The lowest BCUT2D eigenvalue weighted by molar-refractivity contribution is -0.0493. The Morgan fingerprint density at radius 3 is 2.62 bits per heavy atom. The van der Waals surface area contributed by atoms with Crippen molar-refractivity contribution in [3.05, 3.63) is 35.7 Å². The second kappa shape index (κ2) is 5.68. The molecule has 2 rings (SSSR count). The van der Waals surface area contributed by atoms with Crippen LogP contribution in [0.2, 0.25) is 0 Å². The molecule has 0 radical (unpaired) electrons. The van der Waals surface area contributed by atoms with Gasteiger partial charge in [-0.15, -0.1) is 0 Å². The highest BCUT2D eigenvalue weighted by Crippen LogP contribution is 2.31. The Kier molecular flexibility index (Phi) is 4.12. The number of aromatic nitrogens is 2. The topological polar surface area (TPSA) is 84.1 Å². The van der Waals surface area contributed by atoms with Crippen LogP contribution in [0, 0.1) is 13.8 Å². The van der Waals surface area contributed by atoms with E-state index < -0.39 is 16.6 Å². The summed E-state index contributed by atoms with van der Waals surface area (Å²) in [5.41, 5.74) is 0.767. The first kappa shape index (κ1) is 15.2. The lowest BCUT2D eigenvalue weighted by atomic mass is 10.2. The minimum absolute atomic E-state index is 0.0293. The molecule has 0 bridgehead atoms. The first-order valence-electron chi connectivity index (χ1n) is 5.88. The van der Waals surface area contributed by atoms with Crippen molar-refractivity contribution in [2.24, 2.45) is 0 Å². The SMILES string of the molecule is Cc1cccc(OC(F)F)c1NS(=O)(=O)c1cn[nH]c1C. The number of nitrogens with zero attached hydrogens (tertiary/aromatic N) is 1. The highest BCUT2D eigenvalue weighted by molar-refractivity contribution is 7.92. The van der Waals surface area contributed by atoms with Gasteiger partial charge in [0, 0.05) is 0 Å². The molecule has 114 valence electrons. The molecule has 2 N–H and O–H groups in total. The van der Waals surface area contributed by atoms with Crippen LogP contribution in [0.1, 0.15) is 11.3 Å². The van der Waals surface area contributed by atoms with Gasteiger partial charge >= 0.3 is 6.61 Å². The molecule has 0 aliphatic carbocycles. The van der Waals surface area contributed by atoms with Crippen LogP contribution < -0.4 is 9.46 Å². The molecule has 0 fully saturated rings. The molecule has 6 nitrogen and oxygen atoms in total. The summed E-state index contributed by atoms with van der Waals surface area (Å²) in [6.07, 6.45) is 1.14. The van der Waals surface area contributed by atoms with Gasteiger partial charge < -0.3 is 4.74 Å². The van der Waals surface area contributed by atoms with E-state index in [1.807, 2.05) is 0 Å². The monoisotopic (exact) mass is 317 g/mol. The number of halogens is 2. The van der Waals surface area contributed by atoms with Gasteiger partial charge in [0.1, 0.15) is 10.6 Å². The van der Waals surface area contributed by atoms with Crippen LogP contribution in [-0.2, 0) is 10.0 Å². The minimum Gasteiger partial charge on any atom is -0.433 e. The standard InChI is InChI=1S/C12H13F2N3O3S/c1-7-4-3-5-9(20-12(13)14)11(7)17-21(18,19)10-6-15-16-8(10)2/h3-6,12,17H,1-2H3,(H,15,16). The van der Waals surface area contributed by atoms with Crippen LogP contribution >= 0.6 is 0 Å². The van der Waals surface area contributed by atoms with Crippen LogP contribution in [0.15, 0.2) is 29.3 Å². The van der Waals surface area contributed by atoms with Gasteiger partial charge in [0.2, 0.25) is 0 Å². The largest absolute Gasteiger partial charge is 0.433 e. The summed E-state index contributed by atoms with van der Waals surface area (Å²) in [5.74, 6) is -0.241. The van der Waals surface area contributed by atoms with Crippen LogP contribution in [-0.4, -0.2) is 25.2 Å². The molecular formula is C12H13F2N3O3S. The number of anilines is 1. The van der Waals surface area contributed by atoms with E-state index in [-0.39, 0.29) is 16.3 Å². The van der Waals surface area contributed by atoms with Gasteiger partial charge in [0.15, 0.2) is 0 Å². The van der Waals surface area contributed by atoms with E-state index in [1.54, 1.807) is 13.0 Å². The minimum atomic E-state index is -3.95. The van der Waals surface area contributed by atoms with Gasteiger partial charge in [-0.25, -0.2) is 8.42 Å². The highest BCUT2D eigenvalue weighted by Gasteiger charge is 2.22. The number of nitrogens with one attached hydrogen (secondary N) is 2. The second-order valence-corrected chi connectivity index (χ2v) is 5.94. The maximum atomic E-state index is 12.4. The van der Waals surface area contributed by atoms with Gasteiger partial charge in [-0.3, -0.25) is 9.82 Å². The third kappa shape index (κ3) is 3.30. The summed E-state index contributed by atoms with van der Waals surface area (Å²) in [4.78, 5) is -0.0613. The molecule has 1 heterocycles. The molecule has 1 aromatic carbocycles. The molecule has 9 heteroatoms. The third-order valence-electron chi connectivity index (χ3n) is 2.76. The number of aryl methyl sites for hydroxylation is 2. The van der Waals surface area contributed by atoms with Gasteiger partial charge in [0.25, 0.3) is 10.0 Å². The smallest absolute Gasteiger partial charge is 0.387 e. The quantitative estimate of drug-likeness (QED) is 0.887. The summed E-state index contributed by atoms with van der Waals surface area (Å²) >= 11 is 0. The van der Waals surface area contributed by atoms with Gasteiger partial charge in [-0.1, -0.05) is 12.1 Å². The maximum absolute atomic E-state index is 12.4. The van der Waals surface area contributed by atoms with Crippen LogP contribution in [0.25, 0.3) is 0 Å². The Labute approximate surface area is 120 Å².